The summed E-state index contributed by atoms with van der Waals surface area (Å²) in [5, 5.41) is 0. The van der Waals surface area contributed by atoms with Crippen LogP contribution >= 0.6 is 0 Å². The highest BCUT2D eigenvalue weighted by atomic mass is 16.5. The number of nitrogens with two attached hydrogens (primary N) is 1. The smallest absolute Gasteiger partial charge is 0.161 e. The molecule has 0 spiro atoms. The first-order valence-corrected chi connectivity index (χ1v) is 7.38. The predicted molar refractivity (Wildman–Crippen MR) is 81.5 cm³/mol. The van der Waals surface area contributed by atoms with Crippen LogP contribution in [-0.2, 0) is 6.42 Å². The molecule has 0 saturated carbocycles. The van der Waals surface area contributed by atoms with Crippen LogP contribution in [0.4, 0.5) is 0 Å². The summed E-state index contributed by atoms with van der Waals surface area (Å²) in [6, 6.07) is 11.9. The summed E-state index contributed by atoms with van der Waals surface area (Å²) in [7, 11) is 0. The molecule has 0 aliphatic carbocycles. The Morgan fingerprint density at radius 3 is 2.76 bits per heavy atom. The molecule has 0 amide bonds. The van der Waals surface area contributed by atoms with Gasteiger partial charge in [-0.05, 0) is 42.7 Å². The number of rotatable bonds is 4. The van der Waals surface area contributed by atoms with Crippen LogP contribution in [0, 0.1) is 0 Å². The number of aromatic nitrogens is 1. The van der Waals surface area contributed by atoms with Crippen LogP contribution in [0.25, 0.3) is 0 Å². The quantitative estimate of drug-likeness (QED) is 0.938. The zero-order valence-electron chi connectivity index (χ0n) is 12.0. The highest BCUT2D eigenvalue weighted by molar-refractivity contribution is 5.44. The molecule has 2 aromatic rings. The molecule has 2 N–H and O–H groups in total. The summed E-state index contributed by atoms with van der Waals surface area (Å²) in [5.74, 6) is 1.62. The fourth-order valence-electron chi connectivity index (χ4n) is 2.43. The predicted octanol–water partition coefficient (Wildman–Crippen LogP) is 2.88. The second-order valence-corrected chi connectivity index (χ2v) is 5.22. The molecule has 1 aliphatic heterocycles. The summed E-state index contributed by atoms with van der Waals surface area (Å²) >= 11 is 0. The zero-order valence-corrected chi connectivity index (χ0v) is 12.0. The summed E-state index contributed by atoms with van der Waals surface area (Å²) in [6.45, 7) is 1.40. The number of benzene rings is 1. The minimum atomic E-state index is -0.0239. The minimum Gasteiger partial charge on any atom is -0.490 e. The van der Waals surface area contributed by atoms with Crippen LogP contribution in [0.3, 0.4) is 0 Å². The standard InChI is InChI=1S/C17H20N2O2/c18-15(7-6-14-4-1-2-9-19-14)13-5-8-16-17(12-13)21-11-3-10-20-16/h1-2,4-5,8-9,12,15H,3,6-7,10-11,18H2. The molecule has 0 bridgehead atoms. The van der Waals surface area contributed by atoms with E-state index in [9.17, 15) is 0 Å². The molecule has 1 unspecified atom stereocenters. The molecule has 4 heteroatoms. The molecular weight excluding hydrogens is 264 g/mol. The van der Waals surface area contributed by atoms with Gasteiger partial charge in [-0.15, -0.1) is 0 Å². The molecule has 4 nitrogen and oxygen atoms in total. The molecule has 0 saturated heterocycles. The molecule has 21 heavy (non-hydrogen) atoms. The van der Waals surface area contributed by atoms with E-state index in [1.807, 2.05) is 42.6 Å². The van der Waals surface area contributed by atoms with Crippen molar-refractivity contribution in [1.29, 1.82) is 0 Å². The Morgan fingerprint density at radius 2 is 1.95 bits per heavy atom. The molecule has 1 aliphatic rings. The van der Waals surface area contributed by atoms with Crippen molar-refractivity contribution in [2.24, 2.45) is 5.73 Å². The first-order chi connectivity index (χ1) is 10.3. The average Bonchev–Trinajstić information content (AvgIpc) is 2.78. The maximum absolute atomic E-state index is 6.29. The second-order valence-electron chi connectivity index (χ2n) is 5.22. The normalized spacial score (nSPS) is 15.3. The molecule has 0 fully saturated rings. The number of hydrogen-bond donors (Lipinski definition) is 1. The number of hydrogen-bond acceptors (Lipinski definition) is 4. The summed E-state index contributed by atoms with van der Waals surface area (Å²) in [6.07, 6.45) is 4.46. The minimum absolute atomic E-state index is 0.0239. The summed E-state index contributed by atoms with van der Waals surface area (Å²) < 4.78 is 11.3. The summed E-state index contributed by atoms with van der Waals surface area (Å²) in [4.78, 5) is 4.33. The molecule has 1 aromatic heterocycles. The van der Waals surface area contributed by atoms with E-state index in [4.69, 9.17) is 15.2 Å². The molecule has 1 atom stereocenters. The third-order valence-electron chi connectivity index (χ3n) is 3.64. The Bertz CT molecular complexity index is 587. The van der Waals surface area contributed by atoms with E-state index in [1.54, 1.807) is 0 Å². The van der Waals surface area contributed by atoms with Crippen molar-refractivity contribution < 1.29 is 9.47 Å². The Balaban J connectivity index is 1.67. The molecular formula is C17H20N2O2. The number of ether oxygens (including phenoxy) is 2. The first kappa shape index (κ1) is 13.9. The lowest BCUT2D eigenvalue weighted by Crippen LogP contribution is -2.12. The highest BCUT2D eigenvalue weighted by Gasteiger charge is 2.14. The van der Waals surface area contributed by atoms with Gasteiger partial charge in [0.25, 0.3) is 0 Å². The first-order valence-electron chi connectivity index (χ1n) is 7.38. The highest BCUT2D eigenvalue weighted by Crippen LogP contribution is 2.32. The lowest BCUT2D eigenvalue weighted by Gasteiger charge is -2.14. The van der Waals surface area contributed by atoms with Gasteiger partial charge in [-0.1, -0.05) is 12.1 Å². The monoisotopic (exact) mass is 284 g/mol. The summed E-state index contributed by atoms with van der Waals surface area (Å²) in [5.41, 5.74) is 8.44. The molecule has 3 rings (SSSR count). The topological polar surface area (TPSA) is 57.4 Å². The van der Waals surface area contributed by atoms with Gasteiger partial charge in [0.05, 0.1) is 13.2 Å². The molecule has 2 heterocycles. The molecule has 0 radical (unpaired) electrons. The van der Waals surface area contributed by atoms with Gasteiger partial charge in [-0.2, -0.15) is 0 Å². The van der Waals surface area contributed by atoms with Gasteiger partial charge in [-0.25, -0.2) is 0 Å². The van der Waals surface area contributed by atoms with E-state index in [-0.39, 0.29) is 6.04 Å². The van der Waals surface area contributed by atoms with Crippen LogP contribution in [0.1, 0.15) is 30.1 Å². The fraction of sp³-hybridized carbons (Fsp3) is 0.353. The SMILES string of the molecule is NC(CCc1ccccn1)c1ccc2c(c1)OCCCO2. The number of aryl methyl sites for hydroxylation is 1. The van der Waals surface area contributed by atoms with Crippen LogP contribution in [0.15, 0.2) is 42.6 Å². The van der Waals surface area contributed by atoms with Crippen LogP contribution in [0.2, 0.25) is 0 Å². The van der Waals surface area contributed by atoms with Crippen LogP contribution < -0.4 is 15.2 Å². The second kappa shape index (κ2) is 6.59. The van der Waals surface area contributed by atoms with Crippen LogP contribution in [0.5, 0.6) is 11.5 Å². The van der Waals surface area contributed by atoms with E-state index in [1.165, 1.54) is 0 Å². The van der Waals surface area contributed by atoms with Crippen molar-refractivity contribution in [3.05, 3.63) is 53.9 Å². The number of nitrogens with zero attached hydrogens (tertiary/aromatic N) is 1. The third kappa shape index (κ3) is 3.52. The van der Waals surface area contributed by atoms with E-state index in [0.29, 0.717) is 13.2 Å². The van der Waals surface area contributed by atoms with E-state index < -0.39 is 0 Å². The number of fused-ring (bicyclic) bond motifs is 1. The van der Waals surface area contributed by atoms with Crippen molar-refractivity contribution in [1.82, 2.24) is 4.98 Å². The van der Waals surface area contributed by atoms with Gasteiger partial charge < -0.3 is 15.2 Å². The largest absolute Gasteiger partial charge is 0.490 e. The fourth-order valence-corrected chi connectivity index (χ4v) is 2.43. The van der Waals surface area contributed by atoms with Gasteiger partial charge in [0.2, 0.25) is 0 Å². The average molecular weight is 284 g/mol. The Labute approximate surface area is 124 Å². The Hall–Kier alpha value is -2.07. The van der Waals surface area contributed by atoms with Gasteiger partial charge in [0, 0.05) is 24.4 Å². The van der Waals surface area contributed by atoms with Crippen molar-refractivity contribution in [3.63, 3.8) is 0 Å². The van der Waals surface area contributed by atoms with Gasteiger partial charge in [0.15, 0.2) is 11.5 Å². The zero-order chi connectivity index (χ0) is 14.5. The Kier molecular flexibility index (Phi) is 4.36. The van der Waals surface area contributed by atoms with E-state index in [2.05, 4.69) is 4.98 Å². The van der Waals surface area contributed by atoms with Gasteiger partial charge >= 0.3 is 0 Å². The Morgan fingerprint density at radius 1 is 1.10 bits per heavy atom. The van der Waals surface area contributed by atoms with Gasteiger partial charge in [0.1, 0.15) is 0 Å². The van der Waals surface area contributed by atoms with Crippen LogP contribution in [-0.4, -0.2) is 18.2 Å². The molecule has 110 valence electrons. The maximum Gasteiger partial charge on any atom is 0.161 e. The van der Waals surface area contributed by atoms with Crippen molar-refractivity contribution in [2.45, 2.75) is 25.3 Å². The third-order valence-corrected chi connectivity index (χ3v) is 3.64. The number of pyridine rings is 1. The van der Waals surface area contributed by atoms with Crippen molar-refractivity contribution >= 4 is 0 Å². The van der Waals surface area contributed by atoms with E-state index >= 15 is 0 Å². The van der Waals surface area contributed by atoms with E-state index in [0.717, 1.165) is 42.0 Å². The maximum atomic E-state index is 6.29. The van der Waals surface area contributed by atoms with Crippen molar-refractivity contribution in [2.75, 3.05) is 13.2 Å². The lowest BCUT2D eigenvalue weighted by atomic mass is 10.0. The van der Waals surface area contributed by atoms with Crippen molar-refractivity contribution in [3.8, 4) is 11.5 Å². The molecule has 1 aromatic carbocycles. The lowest BCUT2D eigenvalue weighted by molar-refractivity contribution is 0.297. The van der Waals surface area contributed by atoms with Gasteiger partial charge in [-0.3, -0.25) is 4.98 Å².